The fourth-order valence-electron chi connectivity index (χ4n) is 1.86. The van der Waals surface area contributed by atoms with Crippen molar-refractivity contribution in [3.8, 4) is 0 Å². The molecule has 0 unspecified atom stereocenters. The SMILES string of the molecule is CSCC[C@H](NC(=O)CCNC(=O)c1ccc(C)cc1)C(=O)O. The van der Waals surface area contributed by atoms with Crippen molar-refractivity contribution in [2.24, 2.45) is 0 Å². The monoisotopic (exact) mass is 338 g/mol. The first-order valence-corrected chi connectivity index (χ1v) is 8.69. The van der Waals surface area contributed by atoms with E-state index < -0.39 is 12.0 Å². The Balaban J connectivity index is 2.36. The van der Waals surface area contributed by atoms with Gasteiger partial charge in [0.15, 0.2) is 0 Å². The molecule has 0 saturated carbocycles. The number of carbonyl (C=O) groups excluding carboxylic acids is 2. The normalized spacial score (nSPS) is 11.6. The van der Waals surface area contributed by atoms with Crippen molar-refractivity contribution in [1.82, 2.24) is 10.6 Å². The highest BCUT2D eigenvalue weighted by Gasteiger charge is 2.19. The van der Waals surface area contributed by atoms with Crippen molar-refractivity contribution in [1.29, 1.82) is 0 Å². The molecule has 2 amide bonds. The number of carbonyl (C=O) groups is 3. The number of rotatable bonds is 9. The van der Waals surface area contributed by atoms with Crippen LogP contribution in [0.4, 0.5) is 0 Å². The standard InChI is InChI=1S/C16H22N2O4S/c1-11-3-5-12(6-4-11)15(20)17-9-7-14(19)18-13(16(21)22)8-10-23-2/h3-6,13H,7-10H2,1-2H3,(H,17,20)(H,18,19)(H,21,22)/t13-/m0/s1. The Bertz CT molecular complexity index is 546. The van der Waals surface area contributed by atoms with Crippen LogP contribution in [0.5, 0.6) is 0 Å². The molecule has 1 rings (SSSR count). The summed E-state index contributed by atoms with van der Waals surface area (Å²) in [6, 6.07) is 6.22. The molecule has 0 bridgehead atoms. The van der Waals surface area contributed by atoms with Crippen LogP contribution in [0.2, 0.25) is 0 Å². The van der Waals surface area contributed by atoms with Crippen molar-refractivity contribution >= 4 is 29.5 Å². The highest BCUT2D eigenvalue weighted by Crippen LogP contribution is 2.03. The summed E-state index contributed by atoms with van der Waals surface area (Å²) in [6.07, 6.45) is 2.29. The van der Waals surface area contributed by atoms with E-state index in [0.29, 0.717) is 17.7 Å². The lowest BCUT2D eigenvalue weighted by molar-refractivity contribution is -0.141. The number of aliphatic carboxylic acids is 1. The van der Waals surface area contributed by atoms with Crippen LogP contribution in [-0.2, 0) is 9.59 Å². The van der Waals surface area contributed by atoms with Gasteiger partial charge in [0.05, 0.1) is 0 Å². The van der Waals surface area contributed by atoms with Crippen LogP contribution in [-0.4, -0.2) is 47.5 Å². The molecular formula is C16H22N2O4S. The molecule has 1 aromatic carbocycles. The minimum absolute atomic E-state index is 0.0423. The first-order chi connectivity index (χ1) is 10.9. The van der Waals surface area contributed by atoms with Gasteiger partial charge in [-0.15, -0.1) is 0 Å². The number of hydrogen-bond acceptors (Lipinski definition) is 4. The lowest BCUT2D eigenvalue weighted by Crippen LogP contribution is -2.42. The second kappa shape index (κ2) is 9.89. The van der Waals surface area contributed by atoms with Gasteiger partial charge in [0, 0.05) is 18.5 Å². The summed E-state index contributed by atoms with van der Waals surface area (Å²) in [4.78, 5) is 34.7. The van der Waals surface area contributed by atoms with Crippen LogP contribution < -0.4 is 10.6 Å². The second-order valence-electron chi connectivity index (χ2n) is 5.11. The van der Waals surface area contributed by atoms with E-state index in [1.54, 1.807) is 12.1 Å². The summed E-state index contributed by atoms with van der Waals surface area (Å²) in [6.45, 7) is 2.09. The van der Waals surface area contributed by atoms with Crippen LogP contribution in [0.25, 0.3) is 0 Å². The molecule has 126 valence electrons. The molecular weight excluding hydrogens is 316 g/mol. The summed E-state index contributed by atoms with van der Waals surface area (Å²) in [5, 5.41) is 14.2. The number of nitrogens with one attached hydrogen (secondary N) is 2. The van der Waals surface area contributed by atoms with E-state index >= 15 is 0 Å². The van der Waals surface area contributed by atoms with Crippen LogP contribution in [0.3, 0.4) is 0 Å². The molecule has 1 atom stereocenters. The van der Waals surface area contributed by atoms with Crippen molar-refractivity contribution in [2.75, 3.05) is 18.6 Å². The minimum Gasteiger partial charge on any atom is -0.480 e. The molecule has 23 heavy (non-hydrogen) atoms. The van der Waals surface area contributed by atoms with E-state index in [9.17, 15) is 14.4 Å². The first-order valence-electron chi connectivity index (χ1n) is 7.30. The topological polar surface area (TPSA) is 95.5 Å². The fourth-order valence-corrected chi connectivity index (χ4v) is 2.33. The maximum atomic E-state index is 11.9. The maximum absolute atomic E-state index is 11.9. The Morgan fingerprint density at radius 3 is 2.43 bits per heavy atom. The van der Waals surface area contributed by atoms with Gasteiger partial charge in [-0.05, 0) is 37.5 Å². The predicted octanol–water partition coefficient (Wildman–Crippen LogP) is 1.44. The molecule has 0 aliphatic carbocycles. The third-order valence-corrected chi connectivity index (χ3v) is 3.84. The molecule has 0 spiro atoms. The largest absolute Gasteiger partial charge is 0.480 e. The average molecular weight is 338 g/mol. The summed E-state index contributed by atoms with van der Waals surface area (Å²) < 4.78 is 0. The zero-order chi connectivity index (χ0) is 17.2. The average Bonchev–Trinajstić information content (AvgIpc) is 2.51. The smallest absolute Gasteiger partial charge is 0.326 e. The van der Waals surface area contributed by atoms with E-state index in [1.165, 1.54) is 11.8 Å². The van der Waals surface area contributed by atoms with Gasteiger partial charge < -0.3 is 15.7 Å². The van der Waals surface area contributed by atoms with E-state index in [0.717, 1.165) is 5.56 Å². The van der Waals surface area contributed by atoms with Crippen LogP contribution in [0, 0.1) is 6.92 Å². The molecule has 3 N–H and O–H groups in total. The summed E-state index contributed by atoms with van der Waals surface area (Å²) in [7, 11) is 0. The van der Waals surface area contributed by atoms with Gasteiger partial charge in [-0.25, -0.2) is 4.79 Å². The molecule has 0 fully saturated rings. The van der Waals surface area contributed by atoms with Gasteiger partial charge in [-0.3, -0.25) is 9.59 Å². The van der Waals surface area contributed by atoms with Gasteiger partial charge in [-0.1, -0.05) is 17.7 Å². The van der Waals surface area contributed by atoms with Crippen molar-refractivity contribution in [2.45, 2.75) is 25.8 Å². The van der Waals surface area contributed by atoms with Gasteiger partial charge in [0.1, 0.15) is 6.04 Å². The second-order valence-corrected chi connectivity index (χ2v) is 6.10. The number of hydrogen-bond donors (Lipinski definition) is 3. The Morgan fingerprint density at radius 2 is 1.87 bits per heavy atom. The maximum Gasteiger partial charge on any atom is 0.326 e. The lowest BCUT2D eigenvalue weighted by atomic mass is 10.1. The lowest BCUT2D eigenvalue weighted by Gasteiger charge is -2.14. The number of amides is 2. The third-order valence-electron chi connectivity index (χ3n) is 3.20. The zero-order valence-electron chi connectivity index (χ0n) is 13.3. The fraction of sp³-hybridized carbons (Fsp3) is 0.438. The van der Waals surface area contributed by atoms with E-state index in [1.807, 2.05) is 25.3 Å². The predicted molar refractivity (Wildman–Crippen MR) is 90.7 cm³/mol. The van der Waals surface area contributed by atoms with E-state index in [2.05, 4.69) is 10.6 Å². The molecule has 0 aromatic heterocycles. The number of benzene rings is 1. The number of aryl methyl sites for hydroxylation is 1. The first kappa shape index (κ1) is 19.0. The highest BCUT2D eigenvalue weighted by atomic mass is 32.2. The minimum atomic E-state index is -1.05. The molecule has 7 heteroatoms. The van der Waals surface area contributed by atoms with E-state index in [-0.39, 0.29) is 24.8 Å². The Labute approximate surface area is 140 Å². The van der Waals surface area contributed by atoms with Crippen LogP contribution in [0.15, 0.2) is 24.3 Å². The van der Waals surface area contributed by atoms with Gasteiger partial charge >= 0.3 is 5.97 Å². The summed E-state index contributed by atoms with van der Waals surface area (Å²) in [5.41, 5.74) is 1.59. The van der Waals surface area contributed by atoms with Crippen molar-refractivity contribution in [3.05, 3.63) is 35.4 Å². The molecule has 1 aromatic rings. The molecule has 0 radical (unpaired) electrons. The number of carboxylic acid groups (broad SMARTS) is 1. The zero-order valence-corrected chi connectivity index (χ0v) is 14.1. The molecule has 0 heterocycles. The Morgan fingerprint density at radius 1 is 1.22 bits per heavy atom. The van der Waals surface area contributed by atoms with Gasteiger partial charge in [-0.2, -0.15) is 11.8 Å². The van der Waals surface area contributed by atoms with Gasteiger partial charge in [0.2, 0.25) is 5.91 Å². The molecule has 0 saturated heterocycles. The van der Waals surface area contributed by atoms with Gasteiger partial charge in [0.25, 0.3) is 5.91 Å². The summed E-state index contributed by atoms with van der Waals surface area (Å²) in [5.74, 6) is -1.03. The number of thioether (sulfide) groups is 1. The van der Waals surface area contributed by atoms with Crippen LogP contribution >= 0.6 is 11.8 Å². The van der Waals surface area contributed by atoms with Crippen LogP contribution in [0.1, 0.15) is 28.8 Å². The molecule has 0 aliphatic heterocycles. The highest BCUT2D eigenvalue weighted by molar-refractivity contribution is 7.98. The Hall–Kier alpha value is -2.02. The molecule has 6 nitrogen and oxygen atoms in total. The van der Waals surface area contributed by atoms with E-state index in [4.69, 9.17) is 5.11 Å². The van der Waals surface area contributed by atoms with Crippen molar-refractivity contribution in [3.63, 3.8) is 0 Å². The third kappa shape index (κ3) is 7.19. The number of carboxylic acids is 1. The molecule has 0 aliphatic rings. The van der Waals surface area contributed by atoms with Crippen molar-refractivity contribution < 1.29 is 19.5 Å². The summed E-state index contributed by atoms with van der Waals surface area (Å²) >= 11 is 1.52. The Kier molecular flexibility index (Phi) is 8.18. The quantitative estimate of drug-likeness (QED) is 0.633.